The summed E-state index contributed by atoms with van der Waals surface area (Å²) in [6, 6.07) is 3.53. The van der Waals surface area contributed by atoms with Crippen molar-refractivity contribution in [2.75, 3.05) is 6.54 Å². The molecule has 1 aromatic rings. The molecule has 0 aliphatic carbocycles. The van der Waals surface area contributed by atoms with E-state index in [0.29, 0.717) is 18.5 Å². The summed E-state index contributed by atoms with van der Waals surface area (Å²) in [4.78, 5) is 0. The molecule has 0 atom stereocenters. The molecule has 1 nitrogen and oxygen atoms in total. The highest BCUT2D eigenvalue weighted by molar-refractivity contribution is 6.31. The zero-order chi connectivity index (χ0) is 9.14. The number of benzene rings is 1. The second kappa shape index (κ2) is 3.87. The summed E-state index contributed by atoms with van der Waals surface area (Å²) in [5.41, 5.74) is 6.69. The highest BCUT2D eigenvalue weighted by atomic mass is 35.5. The van der Waals surface area contributed by atoms with Crippen molar-refractivity contribution in [3.05, 3.63) is 34.1 Å². The lowest BCUT2D eigenvalue weighted by molar-refractivity contribution is 0.616. The minimum Gasteiger partial charge on any atom is -0.330 e. The van der Waals surface area contributed by atoms with Gasteiger partial charge in [-0.2, -0.15) is 0 Å². The summed E-state index contributed by atoms with van der Waals surface area (Å²) in [5, 5.41) is 0.209. The predicted octanol–water partition coefficient (Wildman–Crippen LogP) is 2.29. The number of aryl methyl sites for hydroxylation is 1. The van der Waals surface area contributed by atoms with Crippen molar-refractivity contribution < 1.29 is 4.39 Å². The van der Waals surface area contributed by atoms with Gasteiger partial charge in [-0.15, -0.1) is 0 Å². The Balaban J connectivity index is 3.08. The maximum absolute atomic E-state index is 13.1. The smallest absolute Gasteiger partial charge is 0.144 e. The first kappa shape index (κ1) is 9.49. The van der Waals surface area contributed by atoms with Gasteiger partial charge in [0.1, 0.15) is 5.82 Å². The minimum absolute atomic E-state index is 0.209. The zero-order valence-corrected chi connectivity index (χ0v) is 7.66. The van der Waals surface area contributed by atoms with Crippen molar-refractivity contribution in [1.29, 1.82) is 0 Å². The van der Waals surface area contributed by atoms with Gasteiger partial charge in [-0.1, -0.05) is 23.7 Å². The van der Waals surface area contributed by atoms with Gasteiger partial charge in [-0.25, -0.2) is 4.39 Å². The summed E-state index contributed by atoms with van der Waals surface area (Å²) in [7, 11) is 0. The van der Waals surface area contributed by atoms with Gasteiger partial charge in [0.05, 0.1) is 5.02 Å². The molecule has 0 unspecified atom stereocenters. The average Bonchev–Trinajstić information content (AvgIpc) is 2.07. The van der Waals surface area contributed by atoms with E-state index in [9.17, 15) is 4.39 Å². The van der Waals surface area contributed by atoms with Crippen LogP contribution in [0.3, 0.4) is 0 Å². The van der Waals surface area contributed by atoms with Crippen molar-refractivity contribution in [2.24, 2.45) is 5.73 Å². The molecular weight excluding hydrogens is 177 g/mol. The third-order valence-corrected chi connectivity index (χ3v) is 2.18. The van der Waals surface area contributed by atoms with E-state index in [4.69, 9.17) is 17.3 Å². The predicted molar refractivity (Wildman–Crippen MR) is 48.9 cm³/mol. The maximum Gasteiger partial charge on any atom is 0.144 e. The van der Waals surface area contributed by atoms with Crippen LogP contribution in [0.2, 0.25) is 5.02 Å². The monoisotopic (exact) mass is 187 g/mol. The number of hydrogen-bond acceptors (Lipinski definition) is 1. The Morgan fingerprint density at radius 1 is 1.50 bits per heavy atom. The average molecular weight is 188 g/mol. The van der Waals surface area contributed by atoms with Crippen molar-refractivity contribution in [3.63, 3.8) is 0 Å². The van der Waals surface area contributed by atoms with Crippen LogP contribution in [0.25, 0.3) is 0 Å². The summed E-state index contributed by atoms with van der Waals surface area (Å²) in [5.74, 6) is -0.331. The highest BCUT2D eigenvalue weighted by Crippen LogP contribution is 2.22. The lowest BCUT2D eigenvalue weighted by atomic mass is 10.1. The first-order valence-electron chi connectivity index (χ1n) is 3.80. The molecule has 0 heterocycles. The van der Waals surface area contributed by atoms with Crippen LogP contribution in [-0.4, -0.2) is 6.54 Å². The van der Waals surface area contributed by atoms with Gasteiger partial charge in [0, 0.05) is 0 Å². The molecule has 0 saturated heterocycles. The fourth-order valence-corrected chi connectivity index (χ4v) is 1.34. The van der Waals surface area contributed by atoms with Crippen molar-refractivity contribution >= 4 is 11.6 Å². The minimum atomic E-state index is -0.331. The molecule has 0 aromatic heterocycles. The molecule has 0 bridgehead atoms. The normalized spacial score (nSPS) is 10.3. The van der Waals surface area contributed by atoms with Gasteiger partial charge in [0.25, 0.3) is 0 Å². The second-order valence-electron chi connectivity index (χ2n) is 2.71. The van der Waals surface area contributed by atoms with Crippen LogP contribution in [0, 0.1) is 12.7 Å². The van der Waals surface area contributed by atoms with Gasteiger partial charge in [0.2, 0.25) is 0 Å². The SMILES string of the molecule is Cc1ccc(CCN)c(Cl)c1F. The Morgan fingerprint density at radius 2 is 2.17 bits per heavy atom. The molecule has 0 radical (unpaired) electrons. The van der Waals surface area contributed by atoms with E-state index in [1.165, 1.54) is 0 Å². The van der Waals surface area contributed by atoms with E-state index in [2.05, 4.69) is 0 Å². The third kappa shape index (κ3) is 1.76. The quantitative estimate of drug-likeness (QED) is 0.756. The van der Waals surface area contributed by atoms with Crippen LogP contribution >= 0.6 is 11.6 Å². The number of hydrogen-bond donors (Lipinski definition) is 1. The Labute approximate surface area is 76.3 Å². The van der Waals surface area contributed by atoms with Gasteiger partial charge < -0.3 is 5.73 Å². The van der Waals surface area contributed by atoms with Crippen LogP contribution in [-0.2, 0) is 6.42 Å². The largest absolute Gasteiger partial charge is 0.330 e. The molecule has 3 heteroatoms. The van der Waals surface area contributed by atoms with Crippen molar-refractivity contribution in [1.82, 2.24) is 0 Å². The van der Waals surface area contributed by atoms with Crippen LogP contribution < -0.4 is 5.73 Å². The van der Waals surface area contributed by atoms with Crippen LogP contribution in [0.15, 0.2) is 12.1 Å². The summed E-state index contributed by atoms with van der Waals surface area (Å²) in [6.45, 7) is 2.18. The molecule has 66 valence electrons. The number of nitrogens with two attached hydrogens (primary N) is 1. The molecule has 0 fully saturated rings. The van der Waals surface area contributed by atoms with Crippen LogP contribution in [0.5, 0.6) is 0 Å². The first-order valence-corrected chi connectivity index (χ1v) is 4.18. The molecule has 2 N–H and O–H groups in total. The Morgan fingerprint density at radius 3 is 2.75 bits per heavy atom. The van der Waals surface area contributed by atoms with Gasteiger partial charge in [0.15, 0.2) is 0 Å². The standard InChI is InChI=1S/C9H11ClFN/c1-6-2-3-7(4-5-12)8(10)9(6)11/h2-3H,4-5,12H2,1H3. The lowest BCUT2D eigenvalue weighted by Crippen LogP contribution is -2.04. The molecule has 0 saturated carbocycles. The van der Waals surface area contributed by atoms with Gasteiger partial charge in [-0.05, 0) is 31.0 Å². The van der Waals surface area contributed by atoms with E-state index in [1.54, 1.807) is 13.0 Å². The summed E-state index contributed by atoms with van der Waals surface area (Å²) < 4.78 is 13.1. The Hall–Kier alpha value is -0.600. The van der Waals surface area contributed by atoms with E-state index in [1.807, 2.05) is 6.07 Å². The van der Waals surface area contributed by atoms with Gasteiger partial charge >= 0.3 is 0 Å². The maximum atomic E-state index is 13.1. The Bertz CT molecular complexity index is 286. The van der Waals surface area contributed by atoms with Crippen molar-refractivity contribution in [2.45, 2.75) is 13.3 Å². The molecule has 12 heavy (non-hydrogen) atoms. The second-order valence-corrected chi connectivity index (χ2v) is 3.09. The highest BCUT2D eigenvalue weighted by Gasteiger charge is 2.07. The molecule has 1 rings (SSSR count). The van der Waals surface area contributed by atoms with E-state index in [0.717, 1.165) is 5.56 Å². The first-order chi connectivity index (χ1) is 5.66. The molecule has 0 aliphatic heterocycles. The molecular formula is C9H11ClFN. The van der Waals surface area contributed by atoms with Crippen LogP contribution in [0.4, 0.5) is 4.39 Å². The topological polar surface area (TPSA) is 26.0 Å². The van der Waals surface area contributed by atoms with Gasteiger partial charge in [-0.3, -0.25) is 0 Å². The summed E-state index contributed by atoms with van der Waals surface area (Å²) >= 11 is 5.75. The molecule has 0 spiro atoms. The van der Waals surface area contributed by atoms with Crippen LogP contribution in [0.1, 0.15) is 11.1 Å². The zero-order valence-electron chi connectivity index (χ0n) is 6.90. The fourth-order valence-electron chi connectivity index (χ4n) is 1.03. The number of rotatable bonds is 2. The van der Waals surface area contributed by atoms with E-state index >= 15 is 0 Å². The number of halogens is 2. The van der Waals surface area contributed by atoms with Crippen molar-refractivity contribution in [3.8, 4) is 0 Å². The fraction of sp³-hybridized carbons (Fsp3) is 0.333. The molecule has 1 aromatic carbocycles. The summed E-state index contributed by atoms with van der Waals surface area (Å²) in [6.07, 6.45) is 0.621. The van der Waals surface area contributed by atoms with E-state index < -0.39 is 0 Å². The third-order valence-electron chi connectivity index (χ3n) is 1.77. The Kier molecular flexibility index (Phi) is 3.06. The lowest BCUT2D eigenvalue weighted by Gasteiger charge is -2.04. The molecule has 0 amide bonds. The van der Waals surface area contributed by atoms with E-state index in [-0.39, 0.29) is 10.8 Å². The molecule has 0 aliphatic rings.